The SMILES string of the molecule is CC(F)(F)C(F)(F)Oc1ccc(Br)cc1Cl. The predicted molar refractivity (Wildman–Crippen MR) is 55.3 cm³/mol. The molecule has 0 fully saturated rings. The molecule has 1 nitrogen and oxygen atoms in total. The lowest BCUT2D eigenvalue weighted by Crippen LogP contribution is -2.42. The third kappa shape index (κ3) is 3.01. The number of halogens is 6. The molecular formula is C9H6BrClF4O. The molecule has 0 saturated carbocycles. The molecule has 1 aromatic carbocycles. The van der Waals surface area contributed by atoms with Crippen LogP contribution in [0.25, 0.3) is 0 Å². The second-order valence-corrected chi connectivity index (χ2v) is 4.40. The molecule has 0 aliphatic heterocycles. The van der Waals surface area contributed by atoms with Crippen molar-refractivity contribution in [3.8, 4) is 5.75 Å². The first-order valence-corrected chi connectivity index (χ1v) is 5.20. The largest absolute Gasteiger partial charge is 0.463 e. The first kappa shape index (κ1) is 13.6. The lowest BCUT2D eigenvalue weighted by Gasteiger charge is -2.23. The quantitative estimate of drug-likeness (QED) is 0.731. The van der Waals surface area contributed by atoms with E-state index in [1.54, 1.807) is 0 Å². The molecule has 0 aromatic heterocycles. The van der Waals surface area contributed by atoms with E-state index in [1.807, 2.05) is 0 Å². The molecule has 0 radical (unpaired) electrons. The summed E-state index contributed by atoms with van der Waals surface area (Å²) in [6.07, 6.45) is -4.61. The van der Waals surface area contributed by atoms with Crippen molar-refractivity contribution in [1.82, 2.24) is 0 Å². The van der Waals surface area contributed by atoms with Crippen molar-refractivity contribution >= 4 is 27.5 Å². The van der Waals surface area contributed by atoms with E-state index in [9.17, 15) is 17.6 Å². The van der Waals surface area contributed by atoms with E-state index in [0.29, 0.717) is 4.47 Å². The maximum absolute atomic E-state index is 12.9. The van der Waals surface area contributed by atoms with E-state index >= 15 is 0 Å². The maximum atomic E-state index is 12.9. The minimum absolute atomic E-state index is 0.0692. The number of hydrogen-bond acceptors (Lipinski definition) is 1. The summed E-state index contributed by atoms with van der Waals surface area (Å²) in [6.45, 7) is 0.0692. The van der Waals surface area contributed by atoms with Crippen LogP contribution in [0.5, 0.6) is 5.75 Å². The Morgan fingerprint density at radius 3 is 2.25 bits per heavy atom. The van der Waals surface area contributed by atoms with Crippen LogP contribution < -0.4 is 4.74 Å². The predicted octanol–water partition coefficient (Wildman–Crippen LogP) is 4.73. The van der Waals surface area contributed by atoms with Gasteiger partial charge in [0, 0.05) is 11.4 Å². The first-order valence-electron chi connectivity index (χ1n) is 4.03. The van der Waals surface area contributed by atoms with Gasteiger partial charge in [-0.1, -0.05) is 27.5 Å². The normalized spacial score (nSPS) is 12.7. The zero-order valence-corrected chi connectivity index (χ0v) is 10.3. The van der Waals surface area contributed by atoms with Gasteiger partial charge in [-0.25, -0.2) is 0 Å². The summed E-state index contributed by atoms with van der Waals surface area (Å²) in [7, 11) is 0. The fourth-order valence-corrected chi connectivity index (χ4v) is 1.50. The molecule has 0 atom stereocenters. The van der Waals surface area contributed by atoms with Gasteiger partial charge in [-0.3, -0.25) is 0 Å². The number of hydrogen-bond donors (Lipinski definition) is 0. The van der Waals surface area contributed by atoms with E-state index in [-0.39, 0.29) is 11.9 Å². The van der Waals surface area contributed by atoms with Crippen LogP contribution in [0.2, 0.25) is 5.02 Å². The van der Waals surface area contributed by atoms with E-state index in [0.717, 1.165) is 6.07 Å². The lowest BCUT2D eigenvalue weighted by atomic mass is 10.3. The van der Waals surface area contributed by atoms with Crippen LogP contribution in [0.15, 0.2) is 22.7 Å². The van der Waals surface area contributed by atoms with Crippen molar-refractivity contribution in [3.63, 3.8) is 0 Å². The second kappa shape index (κ2) is 4.41. The highest BCUT2D eigenvalue weighted by Gasteiger charge is 2.55. The topological polar surface area (TPSA) is 9.23 Å². The molecule has 0 spiro atoms. The average molecular weight is 321 g/mol. The van der Waals surface area contributed by atoms with Gasteiger partial charge >= 0.3 is 12.0 Å². The molecule has 0 bridgehead atoms. The minimum Gasteiger partial charge on any atom is -0.426 e. The van der Waals surface area contributed by atoms with Gasteiger partial charge in [-0.2, -0.15) is 17.6 Å². The Morgan fingerprint density at radius 2 is 1.81 bits per heavy atom. The summed E-state index contributed by atoms with van der Waals surface area (Å²) in [5.74, 6) is -4.79. The smallest absolute Gasteiger partial charge is 0.426 e. The Labute approximate surface area is 102 Å². The number of benzene rings is 1. The van der Waals surface area contributed by atoms with Crippen molar-refractivity contribution in [2.75, 3.05) is 0 Å². The summed E-state index contributed by atoms with van der Waals surface area (Å²) in [4.78, 5) is 0. The Morgan fingerprint density at radius 1 is 1.25 bits per heavy atom. The highest BCUT2D eigenvalue weighted by atomic mass is 79.9. The molecule has 16 heavy (non-hydrogen) atoms. The molecule has 90 valence electrons. The van der Waals surface area contributed by atoms with Crippen molar-refractivity contribution in [2.45, 2.75) is 19.0 Å². The van der Waals surface area contributed by atoms with Crippen LogP contribution in [0.4, 0.5) is 17.6 Å². The highest BCUT2D eigenvalue weighted by Crippen LogP contribution is 2.38. The second-order valence-electron chi connectivity index (χ2n) is 3.08. The standard InChI is InChI=1S/C9H6BrClF4O/c1-8(12,13)9(14,15)16-7-3-2-5(10)4-6(7)11/h2-4H,1H3. The zero-order chi connectivity index (χ0) is 12.6. The molecule has 0 amide bonds. The van der Waals surface area contributed by atoms with Crippen LogP contribution >= 0.6 is 27.5 Å². The molecule has 0 unspecified atom stereocenters. The molecule has 0 aliphatic rings. The average Bonchev–Trinajstić information content (AvgIpc) is 2.08. The van der Waals surface area contributed by atoms with Crippen LogP contribution in [-0.4, -0.2) is 12.0 Å². The van der Waals surface area contributed by atoms with Crippen LogP contribution in [0.3, 0.4) is 0 Å². The zero-order valence-electron chi connectivity index (χ0n) is 7.91. The Balaban J connectivity index is 2.97. The van der Waals surface area contributed by atoms with Crippen molar-refractivity contribution in [3.05, 3.63) is 27.7 Å². The first-order chi connectivity index (χ1) is 7.13. The van der Waals surface area contributed by atoms with Gasteiger partial charge in [-0.05, 0) is 18.2 Å². The Kier molecular flexibility index (Phi) is 3.74. The molecular weight excluding hydrogens is 315 g/mol. The number of rotatable bonds is 3. The minimum atomic E-state index is -4.61. The van der Waals surface area contributed by atoms with Crippen molar-refractivity contribution < 1.29 is 22.3 Å². The summed E-state index contributed by atoms with van der Waals surface area (Å²) < 4.78 is 55.1. The van der Waals surface area contributed by atoms with E-state index in [2.05, 4.69) is 20.7 Å². The summed E-state index contributed by atoms with van der Waals surface area (Å²) in [6, 6.07) is 3.69. The van der Waals surface area contributed by atoms with Crippen LogP contribution in [0, 0.1) is 0 Å². The molecule has 0 aliphatic carbocycles. The molecule has 7 heteroatoms. The van der Waals surface area contributed by atoms with Crippen LogP contribution in [0.1, 0.15) is 6.92 Å². The highest BCUT2D eigenvalue weighted by molar-refractivity contribution is 9.10. The lowest BCUT2D eigenvalue weighted by molar-refractivity contribution is -0.301. The molecule has 1 rings (SSSR count). The fraction of sp³-hybridized carbons (Fsp3) is 0.333. The number of ether oxygens (including phenoxy) is 1. The Bertz CT molecular complexity index is 392. The van der Waals surface area contributed by atoms with Crippen molar-refractivity contribution in [2.24, 2.45) is 0 Å². The van der Waals surface area contributed by atoms with Gasteiger partial charge in [0.25, 0.3) is 0 Å². The number of alkyl halides is 4. The third-order valence-corrected chi connectivity index (χ3v) is 2.43. The van der Waals surface area contributed by atoms with Gasteiger partial charge in [0.2, 0.25) is 0 Å². The van der Waals surface area contributed by atoms with Gasteiger partial charge in [0.1, 0.15) is 5.75 Å². The van der Waals surface area contributed by atoms with E-state index in [4.69, 9.17) is 11.6 Å². The van der Waals surface area contributed by atoms with E-state index in [1.165, 1.54) is 12.1 Å². The van der Waals surface area contributed by atoms with Gasteiger partial charge in [0.05, 0.1) is 5.02 Å². The third-order valence-electron chi connectivity index (χ3n) is 1.64. The Hall–Kier alpha value is -0.490. The van der Waals surface area contributed by atoms with Gasteiger partial charge in [-0.15, -0.1) is 0 Å². The molecule has 1 aromatic rings. The maximum Gasteiger partial charge on any atom is 0.463 e. The van der Waals surface area contributed by atoms with Crippen LogP contribution in [-0.2, 0) is 0 Å². The van der Waals surface area contributed by atoms with Crippen molar-refractivity contribution in [1.29, 1.82) is 0 Å². The van der Waals surface area contributed by atoms with E-state index < -0.39 is 17.8 Å². The summed E-state index contributed by atoms with van der Waals surface area (Å²) >= 11 is 8.59. The van der Waals surface area contributed by atoms with Gasteiger partial charge < -0.3 is 4.74 Å². The monoisotopic (exact) mass is 320 g/mol. The molecule has 0 N–H and O–H groups in total. The fourth-order valence-electron chi connectivity index (χ4n) is 0.786. The molecule has 0 saturated heterocycles. The molecule has 0 heterocycles. The van der Waals surface area contributed by atoms with Gasteiger partial charge in [0.15, 0.2) is 0 Å². The summed E-state index contributed by atoms with van der Waals surface area (Å²) in [5, 5.41) is -0.182. The summed E-state index contributed by atoms with van der Waals surface area (Å²) in [5.41, 5.74) is 0.